The fourth-order valence-corrected chi connectivity index (χ4v) is 4.42. The number of nitrogens with zero attached hydrogens (tertiary/aromatic N) is 2. The van der Waals surface area contributed by atoms with E-state index in [2.05, 4.69) is 9.97 Å². The third-order valence-corrected chi connectivity index (χ3v) is 6.01. The van der Waals surface area contributed by atoms with Crippen molar-refractivity contribution >= 4 is 16.8 Å². The van der Waals surface area contributed by atoms with Crippen LogP contribution in [0.1, 0.15) is 53.0 Å². The van der Waals surface area contributed by atoms with Gasteiger partial charge in [-0.05, 0) is 37.5 Å². The Morgan fingerprint density at radius 2 is 2.12 bits per heavy atom. The Kier molecular flexibility index (Phi) is 5.39. The lowest BCUT2D eigenvalue weighted by Gasteiger charge is -2.33. The van der Waals surface area contributed by atoms with Crippen LogP contribution in [0.2, 0.25) is 0 Å². The second-order valence-electron chi connectivity index (χ2n) is 8.05. The average molecular weight is 433 g/mol. The van der Waals surface area contributed by atoms with Crippen LogP contribution in [0.5, 0.6) is 5.75 Å². The molecule has 32 heavy (non-hydrogen) atoms. The summed E-state index contributed by atoms with van der Waals surface area (Å²) in [6, 6.07) is 14.1. The predicted molar refractivity (Wildman–Crippen MR) is 118 cm³/mol. The highest BCUT2D eigenvalue weighted by Crippen LogP contribution is 2.33. The number of piperidine rings is 1. The van der Waals surface area contributed by atoms with Crippen molar-refractivity contribution < 1.29 is 18.3 Å². The van der Waals surface area contributed by atoms with Gasteiger partial charge < -0.3 is 19.0 Å². The third-order valence-electron chi connectivity index (χ3n) is 6.01. The zero-order chi connectivity index (χ0) is 22.1. The Morgan fingerprint density at radius 1 is 1.25 bits per heavy atom. The highest BCUT2D eigenvalue weighted by Gasteiger charge is 2.32. The van der Waals surface area contributed by atoms with Gasteiger partial charge in [0.05, 0.1) is 18.8 Å². The number of hydrogen-bond acceptors (Lipinski definition) is 4. The van der Waals surface area contributed by atoms with E-state index in [4.69, 9.17) is 9.15 Å². The highest BCUT2D eigenvalue weighted by molar-refractivity contribution is 5.98. The molecule has 5 rings (SSSR count). The minimum atomic E-state index is -0.370. The summed E-state index contributed by atoms with van der Waals surface area (Å²) in [5.41, 5.74) is 1.73. The number of aromatic nitrogens is 2. The number of H-pyrrole nitrogens is 1. The summed E-state index contributed by atoms with van der Waals surface area (Å²) in [7, 11) is 1.64. The molecule has 0 spiro atoms. The van der Waals surface area contributed by atoms with Crippen LogP contribution in [0.4, 0.5) is 4.39 Å². The number of carbonyl (C=O) groups is 1. The lowest BCUT2D eigenvalue weighted by Crippen LogP contribution is -2.38. The number of oxazole rings is 1. The molecule has 2 aromatic carbocycles. The highest BCUT2D eigenvalue weighted by atomic mass is 19.1. The van der Waals surface area contributed by atoms with E-state index < -0.39 is 0 Å². The van der Waals surface area contributed by atoms with Gasteiger partial charge in [0.2, 0.25) is 5.89 Å². The van der Waals surface area contributed by atoms with Gasteiger partial charge in [-0.3, -0.25) is 4.79 Å². The van der Waals surface area contributed by atoms with E-state index in [1.807, 2.05) is 24.3 Å². The molecule has 1 N–H and O–H groups in total. The van der Waals surface area contributed by atoms with Crippen LogP contribution < -0.4 is 4.74 Å². The van der Waals surface area contributed by atoms with Crippen LogP contribution in [-0.4, -0.2) is 34.4 Å². The van der Waals surface area contributed by atoms with Gasteiger partial charge in [0.15, 0.2) is 0 Å². The second-order valence-corrected chi connectivity index (χ2v) is 8.05. The minimum absolute atomic E-state index is 0.172. The first kappa shape index (κ1) is 20.3. The van der Waals surface area contributed by atoms with Crippen molar-refractivity contribution in [2.75, 3.05) is 13.7 Å². The number of fused-ring (bicyclic) bond motifs is 1. The van der Waals surface area contributed by atoms with Crippen LogP contribution in [0.3, 0.4) is 0 Å². The first-order valence-corrected chi connectivity index (χ1v) is 10.8. The molecule has 7 heteroatoms. The molecule has 0 radical (unpaired) electrons. The molecule has 4 aromatic rings. The quantitative estimate of drug-likeness (QED) is 0.466. The predicted octanol–water partition coefficient (Wildman–Crippen LogP) is 5.26. The van der Waals surface area contributed by atoms with Gasteiger partial charge in [0.1, 0.15) is 29.1 Å². The number of halogens is 1. The Morgan fingerprint density at radius 3 is 2.97 bits per heavy atom. The van der Waals surface area contributed by atoms with Crippen molar-refractivity contribution in [3.8, 4) is 5.75 Å². The second kappa shape index (κ2) is 8.49. The maximum atomic E-state index is 14.1. The maximum Gasteiger partial charge on any atom is 0.270 e. The molecule has 0 aliphatic carbocycles. The summed E-state index contributed by atoms with van der Waals surface area (Å²) in [5, 5.41) is 0.678. The normalized spacial score (nSPS) is 16.4. The van der Waals surface area contributed by atoms with Crippen molar-refractivity contribution in [2.24, 2.45) is 0 Å². The Labute approximate surface area is 185 Å². The van der Waals surface area contributed by atoms with Gasteiger partial charge in [0, 0.05) is 23.9 Å². The molecular formula is C25H24FN3O3. The molecule has 1 aliphatic heterocycles. The summed E-state index contributed by atoms with van der Waals surface area (Å²) in [5.74, 6) is 1.51. The third kappa shape index (κ3) is 3.75. The van der Waals surface area contributed by atoms with Crippen LogP contribution in [0, 0.1) is 5.82 Å². The molecule has 1 atom stereocenters. The molecule has 2 aromatic heterocycles. The number of benzene rings is 2. The first-order valence-electron chi connectivity index (χ1n) is 10.8. The molecule has 1 amide bonds. The van der Waals surface area contributed by atoms with E-state index in [1.54, 1.807) is 36.4 Å². The monoisotopic (exact) mass is 433 g/mol. The van der Waals surface area contributed by atoms with Gasteiger partial charge in [0.25, 0.3) is 5.91 Å². The molecule has 3 heterocycles. The summed E-state index contributed by atoms with van der Waals surface area (Å²) >= 11 is 0. The SMILES string of the molecule is COc1ccccc1Cc1cnc(C2CCCCN2C(=O)c2cc3cccc(F)c3[nH]2)o1. The van der Waals surface area contributed by atoms with Crippen molar-refractivity contribution in [1.82, 2.24) is 14.9 Å². The number of aromatic amines is 1. The molecule has 0 saturated carbocycles. The fraction of sp³-hybridized carbons (Fsp3) is 0.280. The number of rotatable bonds is 5. The molecule has 1 aliphatic rings. The van der Waals surface area contributed by atoms with Crippen molar-refractivity contribution in [2.45, 2.75) is 31.7 Å². The summed E-state index contributed by atoms with van der Waals surface area (Å²) in [6.07, 6.45) is 4.94. The number of methoxy groups -OCH3 is 1. The van der Waals surface area contributed by atoms with Gasteiger partial charge in [-0.15, -0.1) is 0 Å². The number of ether oxygens (including phenoxy) is 1. The Balaban J connectivity index is 1.40. The summed E-state index contributed by atoms with van der Waals surface area (Å²) in [4.78, 5) is 22.6. The van der Waals surface area contributed by atoms with Crippen LogP contribution >= 0.6 is 0 Å². The lowest BCUT2D eigenvalue weighted by molar-refractivity contribution is 0.0565. The molecule has 0 bridgehead atoms. The zero-order valence-electron chi connectivity index (χ0n) is 17.8. The van der Waals surface area contributed by atoms with Gasteiger partial charge in [-0.1, -0.05) is 30.3 Å². The van der Waals surface area contributed by atoms with Crippen molar-refractivity contribution in [3.63, 3.8) is 0 Å². The molecule has 1 saturated heterocycles. The Bertz CT molecular complexity index is 1260. The average Bonchev–Trinajstić information content (AvgIpc) is 3.47. The number of hydrogen-bond donors (Lipinski definition) is 1. The fourth-order valence-electron chi connectivity index (χ4n) is 4.42. The van der Waals surface area contributed by atoms with E-state index >= 15 is 0 Å². The molecule has 1 unspecified atom stereocenters. The topological polar surface area (TPSA) is 71.4 Å². The smallest absolute Gasteiger partial charge is 0.270 e. The minimum Gasteiger partial charge on any atom is -0.496 e. The van der Waals surface area contributed by atoms with Crippen molar-refractivity contribution in [1.29, 1.82) is 0 Å². The van der Waals surface area contributed by atoms with E-state index in [9.17, 15) is 9.18 Å². The maximum absolute atomic E-state index is 14.1. The number of likely N-dealkylation sites (tertiary alicyclic amines) is 1. The molecule has 1 fully saturated rings. The van der Waals surface area contributed by atoms with Crippen LogP contribution in [0.15, 0.2) is 59.1 Å². The first-order chi connectivity index (χ1) is 15.6. The molecule has 6 nitrogen and oxygen atoms in total. The van der Waals surface area contributed by atoms with Crippen LogP contribution in [0.25, 0.3) is 10.9 Å². The van der Waals surface area contributed by atoms with E-state index in [0.717, 1.165) is 36.3 Å². The van der Waals surface area contributed by atoms with Gasteiger partial charge in [-0.25, -0.2) is 9.37 Å². The van der Waals surface area contributed by atoms with Crippen molar-refractivity contribution in [3.05, 3.63) is 83.5 Å². The number of para-hydroxylation sites is 2. The van der Waals surface area contributed by atoms with E-state index in [1.165, 1.54) is 6.07 Å². The lowest BCUT2D eigenvalue weighted by atomic mass is 10.0. The van der Waals surface area contributed by atoms with E-state index in [0.29, 0.717) is 35.5 Å². The number of nitrogens with one attached hydrogen (secondary N) is 1. The standard InChI is InChI=1S/C25H24FN3O3/c1-31-22-11-3-2-7-16(22)13-18-15-27-24(32-18)21-10-4-5-12-29(21)25(30)20-14-17-8-6-9-19(26)23(17)28-20/h2-3,6-9,11,14-15,21,28H,4-5,10,12-13H2,1H3. The Hall–Kier alpha value is -3.61. The molecule has 164 valence electrons. The largest absolute Gasteiger partial charge is 0.496 e. The zero-order valence-corrected chi connectivity index (χ0v) is 17.8. The van der Waals surface area contributed by atoms with Crippen LogP contribution in [-0.2, 0) is 6.42 Å². The number of amides is 1. The summed E-state index contributed by atoms with van der Waals surface area (Å²) < 4.78 is 25.6. The summed E-state index contributed by atoms with van der Waals surface area (Å²) in [6.45, 7) is 0.603. The number of carbonyl (C=O) groups excluding carboxylic acids is 1. The van der Waals surface area contributed by atoms with Gasteiger partial charge >= 0.3 is 0 Å². The van der Waals surface area contributed by atoms with E-state index in [-0.39, 0.29) is 17.8 Å². The van der Waals surface area contributed by atoms with Gasteiger partial charge in [-0.2, -0.15) is 0 Å². The molecular weight excluding hydrogens is 409 g/mol.